The van der Waals surface area contributed by atoms with E-state index in [2.05, 4.69) is 20.7 Å². The van der Waals surface area contributed by atoms with Crippen molar-refractivity contribution >= 4 is 34.3 Å². The molecule has 164 valence electrons. The third-order valence-corrected chi connectivity index (χ3v) is 5.71. The summed E-state index contributed by atoms with van der Waals surface area (Å²) in [4.78, 5) is 28.2. The summed E-state index contributed by atoms with van der Waals surface area (Å²) in [5.41, 5.74) is 2.33. The number of carbonyl (C=O) groups excluding carboxylic acids is 2. The highest BCUT2D eigenvalue weighted by atomic mass is 35.5. The highest BCUT2D eigenvalue weighted by Gasteiger charge is 2.25. The monoisotopic (exact) mass is 449 g/mol. The summed E-state index contributed by atoms with van der Waals surface area (Å²) in [7, 11) is 0. The van der Waals surface area contributed by atoms with Crippen LogP contribution in [0.4, 0.5) is 0 Å². The number of nitrogens with zero attached hydrogens (tertiary/aromatic N) is 2. The van der Waals surface area contributed by atoms with Gasteiger partial charge in [0.2, 0.25) is 5.91 Å². The van der Waals surface area contributed by atoms with Gasteiger partial charge in [0.25, 0.3) is 5.91 Å². The predicted octanol–water partition coefficient (Wildman–Crippen LogP) is 3.93. The molecule has 2 heterocycles. The standard InChI is InChI=1S/C24H24ClN5O2/c1-16(23(30-14-6-12-28-30)18-8-2-4-9-20(18)25)29-22(31)11-13-26-24(32)19-15-27-21-10-5-3-7-17(19)21/h2-10,12,14-16,23,27H,11,13H2,1H3,(H,26,32)(H,29,31). The smallest absolute Gasteiger partial charge is 0.253 e. The van der Waals surface area contributed by atoms with E-state index in [-0.39, 0.29) is 36.9 Å². The highest BCUT2D eigenvalue weighted by molar-refractivity contribution is 6.31. The van der Waals surface area contributed by atoms with Crippen LogP contribution in [-0.2, 0) is 4.79 Å². The van der Waals surface area contributed by atoms with Crippen LogP contribution in [0.2, 0.25) is 5.02 Å². The molecule has 0 fully saturated rings. The Morgan fingerprint density at radius 1 is 1.12 bits per heavy atom. The number of aromatic nitrogens is 3. The molecule has 0 spiro atoms. The number of carbonyl (C=O) groups is 2. The fourth-order valence-corrected chi connectivity index (χ4v) is 4.10. The van der Waals surface area contributed by atoms with Gasteiger partial charge in [-0.15, -0.1) is 0 Å². The third-order valence-electron chi connectivity index (χ3n) is 5.37. The van der Waals surface area contributed by atoms with Gasteiger partial charge in [0, 0.05) is 47.5 Å². The number of benzene rings is 2. The number of halogens is 1. The summed E-state index contributed by atoms with van der Waals surface area (Å²) in [5.74, 6) is -0.380. The maximum absolute atomic E-state index is 12.6. The van der Waals surface area contributed by atoms with Crippen LogP contribution >= 0.6 is 11.6 Å². The molecule has 2 aromatic heterocycles. The van der Waals surface area contributed by atoms with Crippen molar-refractivity contribution in [3.05, 3.63) is 89.3 Å². The topological polar surface area (TPSA) is 91.8 Å². The Bertz CT molecular complexity index is 1220. The van der Waals surface area contributed by atoms with E-state index in [4.69, 9.17) is 11.6 Å². The van der Waals surface area contributed by atoms with Crippen molar-refractivity contribution in [2.45, 2.75) is 25.4 Å². The SMILES string of the molecule is CC(NC(=O)CCNC(=O)c1c[nH]c2ccccc12)C(c1ccccc1Cl)n1cccn1. The molecule has 0 aliphatic rings. The van der Waals surface area contributed by atoms with Crippen molar-refractivity contribution in [1.82, 2.24) is 25.4 Å². The number of hydrogen-bond acceptors (Lipinski definition) is 3. The Labute approximate surface area is 190 Å². The van der Waals surface area contributed by atoms with Crippen molar-refractivity contribution in [3.8, 4) is 0 Å². The van der Waals surface area contributed by atoms with Crippen LogP contribution in [-0.4, -0.2) is 39.2 Å². The van der Waals surface area contributed by atoms with Crippen LogP contribution in [0.15, 0.2) is 73.2 Å². The number of aromatic amines is 1. The summed E-state index contributed by atoms with van der Waals surface area (Å²) in [6.07, 6.45) is 5.38. The number of H-pyrrole nitrogens is 1. The lowest BCUT2D eigenvalue weighted by atomic mass is 10.00. The fraction of sp³-hybridized carbons (Fsp3) is 0.208. The Kier molecular flexibility index (Phi) is 6.56. The number of amides is 2. The molecule has 0 aliphatic carbocycles. The van der Waals surface area contributed by atoms with Gasteiger partial charge in [0.1, 0.15) is 0 Å². The second-order valence-corrected chi connectivity index (χ2v) is 7.97. The minimum absolute atomic E-state index is 0.160. The van der Waals surface area contributed by atoms with Crippen molar-refractivity contribution in [2.24, 2.45) is 0 Å². The zero-order chi connectivity index (χ0) is 22.5. The predicted molar refractivity (Wildman–Crippen MR) is 125 cm³/mol. The number of rotatable bonds is 8. The molecule has 0 aliphatic heterocycles. The molecule has 4 rings (SSSR count). The average Bonchev–Trinajstić information content (AvgIpc) is 3.45. The van der Waals surface area contributed by atoms with E-state index in [1.54, 1.807) is 17.1 Å². The zero-order valence-electron chi connectivity index (χ0n) is 17.6. The van der Waals surface area contributed by atoms with Crippen LogP contribution < -0.4 is 10.6 Å². The lowest BCUT2D eigenvalue weighted by molar-refractivity contribution is -0.121. The highest BCUT2D eigenvalue weighted by Crippen LogP contribution is 2.28. The van der Waals surface area contributed by atoms with Crippen LogP contribution in [0, 0.1) is 0 Å². The van der Waals surface area contributed by atoms with Gasteiger partial charge in [-0.1, -0.05) is 48.0 Å². The van der Waals surface area contributed by atoms with E-state index in [1.165, 1.54) is 0 Å². The van der Waals surface area contributed by atoms with Crippen molar-refractivity contribution in [3.63, 3.8) is 0 Å². The molecule has 3 N–H and O–H groups in total. The van der Waals surface area contributed by atoms with E-state index in [9.17, 15) is 9.59 Å². The lowest BCUT2D eigenvalue weighted by Crippen LogP contribution is -2.41. The van der Waals surface area contributed by atoms with E-state index in [0.29, 0.717) is 10.6 Å². The summed E-state index contributed by atoms with van der Waals surface area (Å²) >= 11 is 6.42. The van der Waals surface area contributed by atoms with E-state index in [1.807, 2.05) is 67.7 Å². The molecule has 2 unspecified atom stereocenters. The Hall–Kier alpha value is -3.58. The first-order valence-electron chi connectivity index (χ1n) is 10.4. The maximum atomic E-state index is 12.6. The molecule has 2 aromatic carbocycles. The van der Waals surface area contributed by atoms with Gasteiger partial charge in [0.15, 0.2) is 0 Å². The second-order valence-electron chi connectivity index (χ2n) is 7.56. The van der Waals surface area contributed by atoms with Crippen LogP contribution in [0.5, 0.6) is 0 Å². The lowest BCUT2D eigenvalue weighted by Gasteiger charge is -2.26. The van der Waals surface area contributed by atoms with Gasteiger partial charge in [-0.3, -0.25) is 14.3 Å². The van der Waals surface area contributed by atoms with Gasteiger partial charge in [-0.05, 0) is 30.7 Å². The minimum Gasteiger partial charge on any atom is -0.360 e. The quantitative estimate of drug-likeness (QED) is 0.380. The molecule has 0 saturated carbocycles. The molecule has 0 bridgehead atoms. The molecule has 32 heavy (non-hydrogen) atoms. The largest absolute Gasteiger partial charge is 0.360 e. The second kappa shape index (κ2) is 9.70. The molecular formula is C24H24ClN5O2. The zero-order valence-corrected chi connectivity index (χ0v) is 18.3. The average molecular weight is 450 g/mol. The Morgan fingerprint density at radius 3 is 2.69 bits per heavy atom. The van der Waals surface area contributed by atoms with Crippen LogP contribution in [0.3, 0.4) is 0 Å². The van der Waals surface area contributed by atoms with Crippen molar-refractivity contribution in [2.75, 3.05) is 6.54 Å². The van der Waals surface area contributed by atoms with Gasteiger partial charge >= 0.3 is 0 Å². The summed E-state index contributed by atoms with van der Waals surface area (Å²) < 4.78 is 1.78. The first-order chi connectivity index (χ1) is 15.5. The van der Waals surface area contributed by atoms with Crippen molar-refractivity contribution in [1.29, 1.82) is 0 Å². The Morgan fingerprint density at radius 2 is 1.91 bits per heavy atom. The summed E-state index contributed by atoms with van der Waals surface area (Å²) in [6.45, 7) is 2.15. The van der Waals surface area contributed by atoms with E-state index >= 15 is 0 Å². The van der Waals surface area contributed by atoms with Gasteiger partial charge in [0.05, 0.1) is 17.6 Å². The summed E-state index contributed by atoms with van der Waals surface area (Å²) in [6, 6.07) is 16.4. The van der Waals surface area contributed by atoms with Gasteiger partial charge in [-0.25, -0.2) is 0 Å². The number of fused-ring (bicyclic) bond motifs is 1. The van der Waals surface area contributed by atoms with E-state index in [0.717, 1.165) is 16.5 Å². The molecule has 2 atom stereocenters. The minimum atomic E-state index is -0.272. The van der Waals surface area contributed by atoms with Gasteiger partial charge in [-0.2, -0.15) is 5.10 Å². The van der Waals surface area contributed by atoms with Crippen LogP contribution in [0.1, 0.15) is 35.3 Å². The number of nitrogens with one attached hydrogen (secondary N) is 3. The Balaban J connectivity index is 1.36. The fourth-order valence-electron chi connectivity index (χ4n) is 3.85. The number of para-hydroxylation sites is 1. The van der Waals surface area contributed by atoms with Crippen molar-refractivity contribution < 1.29 is 9.59 Å². The number of hydrogen-bond donors (Lipinski definition) is 3. The van der Waals surface area contributed by atoms with Crippen LogP contribution in [0.25, 0.3) is 10.9 Å². The molecule has 0 radical (unpaired) electrons. The molecular weight excluding hydrogens is 426 g/mol. The molecule has 0 saturated heterocycles. The molecule has 8 heteroatoms. The van der Waals surface area contributed by atoms with E-state index < -0.39 is 0 Å². The van der Waals surface area contributed by atoms with Gasteiger partial charge < -0.3 is 15.6 Å². The molecule has 7 nitrogen and oxygen atoms in total. The maximum Gasteiger partial charge on any atom is 0.253 e. The first kappa shape index (κ1) is 21.6. The molecule has 4 aromatic rings. The summed E-state index contributed by atoms with van der Waals surface area (Å²) in [5, 5.41) is 11.6. The molecule has 2 amide bonds. The first-order valence-corrected chi connectivity index (χ1v) is 10.8. The normalized spacial score (nSPS) is 12.9. The third kappa shape index (κ3) is 4.68.